The van der Waals surface area contributed by atoms with Crippen LogP contribution in [0.1, 0.15) is 37.0 Å². The number of aliphatic carboxylic acids is 1. The molecular formula is C20H25NO6. The minimum Gasteiger partial charge on any atom is -0.483 e. The van der Waals surface area contributed by atoms with Gasteiger partial charge in [-0.25, -0.2) is 9.59 Å². The van der Waals surface area contributed by atoms with Crippen molar-refractivity contribution < 1.29 is 23.8 Å². The molecule has 2 N–H and O–H groups in total. The molecule has 1 aromatic carbocycles. The maximum absolute atomic E-state index is 12.1. The Kier molecular flexibility index (Phi) is 6.25. The summed E-state index contributed by atoms with van der Waals surface area (Å²) in [6.07, 6.45) is 0.625. The van der Waals surface area contributed by atoms with Crippen LogP contribution >= 0.6 is 0 Å². The smallest absolute Gasteiger partial charge is 0.339 e. The zero-order valence-electron chi connectivity index (χ0n) is 16.2. The van der Waals surface area contributed by atoms with Crippen LogP contribution in [0.2, 0.25) is 0 Å². The van der Waals surface area contributed by atoms with Crippen LogP contribution < -0.4 is 15.7 Å². The molecule has 1 heterocycles. The van der Waals surface area contributed by atoms with E-state index in [2.05, 4.69) is 5.32 Å². The van der Waals surface area contributed by atoms with E-state index in [1.165, 1.54) is 0 Å². The number of aryl methyl sites for hydroxylation is 2. The van der Waals surface area contributed by atoms with E-state index >= 15 is 0 Å². The van der Waals surface area contributed by atoms with Gasteiger partial charge < -0.3 is 19.6 Å². The lowest BCUT2D eigenvalue weighted by Gasteiger charge is -2.20. The summed E-state index contributed by atoms with van der Waals surface area (Å²) in [5, 5.41) is 12.5. The zero-order chi connectivity index (χ0) is 20.3. The number of benzene rings is 1. The fraction of sp³-hybridized carbons (Fsp3) is 0.450. The fourth-order valence-corrected chi connectivity index (χ4v) is 2.82. The van der Waals surface area contributed by atoms with Gasteiger partial charge in [0.05, 0.1) is 0 Å². The average molecular weight is 375 g/mol. The first-order chi connectivity index (χ1) is 12.7. The van der Waals surface area contributed by atoms with Gasteiger partial charge in [0.15, 0.2) is 6.61 Å². The Balaban J connectivity index is 2.18. The van der Waals surface area contributed by atoms with Crippen molar-refractivity contribution >= 4 is 22.8 Å². The molecule has 0 aliphatic rings. The van der Waals surface area contributed by atoms with Crippen molar-refractivity contribution in [3.05, 3.63) is 39.2 Å². The summed E-state index contributed by atoms with van der Waals surface area (Å²) in [6.45, 7) is 8.59. The summed E-state index contributed by atoms with van der Waals surface area (Å²) in [7, 11) is 0. The number of carboxylic acids is 1. The van der Waals surface area contributed by atoms with Crippen molar-refractivity contribution in [2.45, 2.75) is 47.1 Å². The lowest BCUT2D eigenvalue weighted by molar-refractivity contribution is -0.143. The third-order valence-electron chi connectivity index (χ3n) is 4.98. The number of carbonyl (C=O) groups is 2. The van der Waals surface area contributed by atoms with E-state index in [-0.39, 0.29) is 12.5 Å². The van der Waals surface area contributed by atoms with E-state index in [0.29, 0.717) is 28.9 Å². The molecule has 2 aromatic rings. The monoisotopic (exact) mass is 375 g/mol. The minimum absolute atomic E-state index is 0.200. The Labute approximate surface area is 157 Å². The van der Waals surface area contributed by atoms with Gasteiger partial charge >= 0.3 is 11.6 Å². The zero-order valence-corrected chi connectivity index (χ0v) is 16.2. The highest BCUT2D eigenvalue weighted by atomic mass is 16.5. The molecule has 0 aliphatic carbocycles. The predicted molar refractivity (Wildman–Crippen MR) is 101 cm³/mol. The third-order valence-corrected chi connectivity index (χ3v) is 4.98. The Morgan fingerprint density at radius 3 is 2.44 bits per heavy atom. The van der Waals surface area contributed by atoms with E-state index < -0.39 is 23.5 Å². The second-order valence-electron chi connectivity index (χ2n) is 6.76. The first-order valence-corrected chi connectivity index (χ1v) is 8.85. The quantitative estimate of drug-likeness (QED) is 0.721. The number of carboxylic acid groups (broad SMARTS) is 1. The Morgan fingerprint density at radius 1 is 1.19 bits per heavy atom. The molecular weight excluding hydrogens is 350 g/mol. The number of fused-ring (bicyclic) bond motifs is 1. The maximum Gasteiger partial charge on any atom is 0.339 e. The lowest BCUT2D eigenvalue weighted by atomic mass is 9.99. The van der Waals surface area contributed by atoms with Gasteiger partial charge in [-0.2, -0.15) is 0 Å². The van der Waals surface area contributed by atoms with Gasteiger partial charge in [-0.05, 0) is 44.4 Å². The van der Waals surface area contributed by atoms with Gasteiger partial charge in [0.2, 0.25) is 0 Å². The molecule has 1 aromatic heterocycles. The molecule has 146 valence electrons. The number of amides is 1. The molecule has 2 atom stereocenters. The van der Waals surface area contributed by atoms with Gasteiger partial charge in [0, 0.05) is 16.5 Å². The highest BCUT2D eigenvalue weighted by Crippen LogP contribution is 2.29. The Morgan fingerprint density at radius 2 is 1.85 bits per heavy atom. The Hall–Kier alpha value is -2.83. The minimum atomic E-state index is -1.08. The molecule has 0 unspecified atom stereocenters. The molecule has 0 aliphatic heterocycles. The van der Waals surface area contributed by atoms with Gasteiger partial charge in [0.1, 0.15) is 17.4 Å². The first kappa shape index (κ1) is 20.5. The van der Waals surface area contributed by atoms with Crippen molar-refractivity contribution in [3.63, 3.8) is 0 Å². The lowest BCUT2D eigenvalue weighted by Crippen LogP contribution is -2.46. The highest BCUT2D eigenvalue weighted by molar-refractivity contribution is 5.86. The van der Waals surface area contributed by atoms with Crippen LogP contribution in [0.25, 0.3) is 11.0 Å². The molecule has 0 bridgehead atoms. The summed E-state index contributed by atoms with van der Waals surface area (Å²) < 4.78 is 10.9. The molecule has 0 fully saturated rings. The van der Waals surface area contributed by atoms with Gasteiger partial charge in [-0.3, -0.25) is 4.79 Å². The highest BCUT2D eigenvalue weighted by Gasteiger charge is 2.25. The number of nitrogens with one attached hydrogen (secondary N) is 1. The molecule has 0 radical (unpaired) electrons. The van der Waals surface area contributed by atoms with E-state index in [9.17, 15) is 19.5 Å². The molecule has 0 spiro atoms. The van der Waals surface area contributed by atoms with Crippen molar-refractivity contribution in [1.82, 2.24) is 5.32 Å². The molecule has 7 heteroatoms. The summed E-state index contributed by atoms with van der Waals surface area (Å²) in [4.78, 5) is 35.3. The second kappa shape index (κ2) is 8.24. The number of hydrogen-bond donors (Lipinski definition) is 2. The van der Waals surface area contributed by atoms with Crippen molar-refractivity contribution in [3.8, 4) is 5.75 Å². The van der Waals surface area contributed by atoms with Crippen molar-refractivity contribution in [2.24, 2.45) is 5.92 Å². The molecule has 2 rings (SSSR count). The summed E-state index contributed by atoms with van der Waals surface area (Å²) in [5.74, 6) is -1.40. The summed E-state index contributed by atoms with van der Waals surface area (Å²) in [5.41, 5.74) is 2.02. The van der Waals surface area contributed by atoms with Crippen LogP contribution in [-0.2, 0) is 9.59 Å². The van der Waals surface area contributed by atoms with Crippen LogP contribution in [-0.4, -0.2) is 29.6 Å². The number of carbonyl (C=O) groups excluding carboxylic acids is 1. The first-order valence-electron chi connectivity index (χ1n) is 8.85. The van der Waals surface area contributed by atoms with Gasteiger partial charge in [-0.15, -0.1) is 0 Å². The predicted octanol–water partition coefficient (Wildman–Crippen LogP) is 2.71. The SMILES string of the molecule is CC[C@H](C)[C@H](NC(=O)COc1ccc2c(C)c(C)c(=O)oc2c1C)C(=O)O. The van der Waals surface area contributed by atoms with Gasteiger partial charge in [0.25, 0.3) is 5.91 Å². The fourth-order valence-electron chi connectivity index (χ4n) is 2.82. The topological polar surface area (TPSA) is 106 Å². The van der Waals surface area contributed by atoms with E-state index in [4.69, 9.17) is 9.15 Å². The maximum atomic E-state index is 12.1. The van der Waals surface area contributed by atoms with Crippen LogP contribution in [0, 0.1) is 26.7 Å². The standard InChI is InChI=1S/C20H25NO6/c1-6-10(2)17(19(23)24)21-16(22)9-26-15-8-7-14-11(3)12(4)20(25)27-18(14)13(15)5/h7-8,10,17H,6,9H2,1-5H3,(H,21,22)(H,23,24)/t10-,17-/m0/s1. The third kappa shape index (κ3) is 4.30. The van der Waals surface area contributed by atoms with E-state index in [1.54, 1.807) is 32.9 Å². The Bertz CT molecular complexity index is 930. The van der Waals surface area contributed by atoms with Crippen LogP contribution in [0.4, 0.5) is 0 Å². The normalized spacial score (nSPS) is 13.2. The molecule has 1 amide bonds. The molecule has 7 nitrogen and oxygen atoms in total. The number of ether oxygens (including phenoxy) is 1. The molecule has 0 saturated heterocycles. The van der Waals surface area contributed by atoms with Crippen LogP contribution in [0.3, 0.4) is 0 Å². The molecule has 0 saturated carbocycles. The average Bonchev–Trinajstić information content (AvgIpc) is 2.63. The second-order valence-corrected chi connectivity index (χ2v) is 6.76. The number of rotatable bonds is 7. The van der Waals surface area contributed by atoms with E-state index in [1.807, 2.05) is 13.8 Å². The van der Waals surface area contributed by atoms with Crippen LogP contribution in [0.15, 0.2) is 21.3 Å². The van der Waals surface area contributed by atoms with Gasteiger partial charge in [-0.1, -0.05) is 20.3 Å². The van der Waals surface area contributed by atoms with Crippen molar-refractivity contribution in [2.75, 3.05) is 6.61 Å². The van der Waals surface area contributed by atoms with Crippen LogP contribution in [0.5, 0.6) is 5.75 Å². The van der Waals surface area contributed by atoms with E-state index in [0.717, 1.165) is 10.9 Å². The summed E-state index contributed by atoms with van der Waals surface area (Å²) in [6, 6.07) is 2.52. The van der Waals surface area contributed by atoms with Crippen molar-refractivity contribution in [1.29, 1.82) is 0 Å². The molecule has 27 heavy (non-hydrogen) atoms. The summed E-state index contributed by atoms with van der Waals surface area (Å²) >= 11 is 0. The number of hydrogen-bond acceptors (Lipinski definition) is 5. The largest absolute Gasteiger partial charge is 0.483 e.